The maximum Gasteiger partial charge on any atom is 0.124 e. The van der Waals surface area contributed by atoms with Gasteiger partial charge in [0.2, 0.25) is 0 Å². The molecule has 2 aromatic rings. The molecule has 0 N–H and O–H groups in total. The van der Waals surface area contributed by atoms with E-state index in [0.717, 1.165) is 43.2 Å². The van der Waals surface area contributed by atoms with Crippen LogP contribution in [-0.2, 0) is 6.54 Å². The Hall–Kier alpha value is -2.01. The van der Waals surface area contributed by atoms with E-state index in [1.807, 2.05) is 12.1 Å². The molecule has 5 nitrogen and oxygen atoms in total. The number of methoxy groups -OCH3 is 2. The van der Waals surface area contributed by atoms with Crippen molar-refractivity contribution in [3.8, 4) is 11.5 Å². The number of aromatic nitrogens is 1. The molecular formula is C16H20N2O3. The van der Waals surface area contributed by atoms with Crippen molar-refractivity contribution in [1.29, 1.82) is 0 Å². The topological polar surface area (TPSA) is 47.7 Å². The Balaban J connectivity index is 1.70. The van der Waals surface area contributed by atoms with Gasteiger partial charge in [-0.05, 0) is 36.6 Å². The van der Waals surface area contributed by atoms with E-state index in [2.05, 4.69) is 22.2 Å². The Bertz CT molecular complexity index is 561. The Morgan fingerprint density at radius 2 is 2.00 bits per heavy atom. The summed E-state index contributed by atoms with van der Waals surface area (Å²) in [5, 5.41) is 3.98. The van der Waals surface area contributed by atoms with Crippen molar-refractivity contribution in [3.63, 3.8) is 0 Å². The van der Waals surface area contributed by atoms with E-state index in [1.165, 1.54) is 5.56 Å². The third-order valence-corrected chi connectivity index (χ3v) is 3.99. The van der Waals surface area contributed by atoms with Gasteiger partial charge in [0, 0.05) is 25.2 Å². The lowest BCUT2D eigenvalue weighted by molar-refractivity contribution is 0.310. The van der Waals surface area contributed by atoms with E-state index >= 15 is 0 Å². The first-order chi connectivity index (χ1) is 10.3. The van der Waals surface area contributed by atoms with Crippen LogP contribution >= 0.6 is 0 Å². The minimum atomic E-state index is 0.501. The van der Waals surface area contributed by atoms with Crippen molar-refractivity contribution in [2.45, 2.75) is 18.9 Å². The zero-order chi connectivity index (χ0) is 14.7. The first kappa shape index (κ1) is 13.9. The molecule has 0 amide bonds. The standard InChI is InChI=1S/C16H20N2O3/c1-19-15-7-13(8-16(9-15)20-2)12-3-5-18(10-12)11-14-4-6-21-17-14/h4,6-9,12H,3,5,10-11H2,1-2H3/t12-/m0/s1. The molecule has 0 saturated carbocycles. The van der Waals surface area contributed by atoms with Gasteiger partial charge in [-0.2, -0.15) is 0 Å². The number of hydrogen-bond donors (Lipinski definition) is 0. The average molecular weight is 288 g/mol. The Kier molecular flexibility index (Phi) is 4.10. The van der Waals surface area contributed by atoms with E-state index in [-0.39, 0.29) is 0 Å². The molecule has 112 valence electrons. The molecule has 5 heteroatoms. The highest BCUT2D eigenvalue weighted by atomic mass is 16.5. The number of nitrogens with zero attached hydrogens (tertiary/aromatic N) is 2. The Labute approximate surface area is 124 Å². The van der Waals surface area contributed by atoms with Gasteiger partial charge in [-0.25, -0.2) is 0 Å². The lowest BCUT2D eigenvalue weighted by Crippen LogP contribution is -2.19. The normalized spacial score (nSPS) is 18.9. The SMILES string of the molecule is COc1cc(OC)cc([C@H]2CCN(Cc3ccon3)C2)c1. The van der Waals surface area contributed by atoms with Gasteiger partial charge in [-0.1, -0.05) is 5.16 Å². The number of benzene rings is 1. The molecule has 1 saturated heterocycles. The minimum absolute atomic E-state index is 0.501. The summed E-state index contributed by atoms with van der Waals surface area (Å²) in [6, 6.07) is 8.03. The second kappa shape index (κ2) is 6.18. The van der Waals surface area contributed by atoms with Crippen LogP contribution < -0.4 is 9.47 Å². The zero-order valence-corrected chi connectivity index (χ0v) is 12.4. The fourth-order valence-corrected chi connectivity index (χ4v) is 2.86. The monoisotopic (exact) mass is 288 g/mol. The molecule has 0 aliphatic carbocycles. The van der Waals surface area contributed by atoms with Crippen molar-refractivity contribution < 1.29 is 14.0 Å². The van der Waals surface area contributed by atoms with Crippen LogP contribution in [0.3, 0.4) is 0 Å². The molecule has 0 spiro atoms. The van der Waals surface area contributed by atoms with Crippen LogP contribution in [-0.4, -0.2) is 37.4 Å². The maximum atomic E-state index is 5.35. The van der Waals surface area contributed by atoms with Crippen LogP contribution in [0.5, 0.6) is 11.5 Å². The van der Waals surface area contributed by atoms with Gasteiger partial charge in [0.15, 0.2) is 0 Å². The summed E-state index contributed by atoms with van der Waals surface area (Å²) >= 11 is 0. The van der Waals surface area contributed by atoms with E-state index in [0.29, 0.717) is 5.92 Å². The maximum absolute atomic E-state index is 5.35. The number of rotatable bonds is 5. The van der Waals surface area contributed by atoms with Crippen LogP contribution in [0.15, 0.2) is 35.1 Å². The predicted molar refractivity (Wildman–Crippen MR) is 78.7 cm³/mol. The van der Waals surface area contributed by atoms with Crippen molar-refractivity contribution in [3.05, 3.63) is 41.8 Å². The summed E-state index contributed by atoms with van der Waals surface area (Å²) in [7, 11) is 3.37. The van der Waals surface area contributed by atoms with Gasteiger partial charge in [-0.3, -0.25) is 4.90 Å². The highest BCUT2D eigenvalue weighted by molar-refractivity contribution is 5.40. The molecule has 1 aromatic heterocycles. The Morgan fingerprint density at radius 1 is 1.24 bits per heavy atom. The lowest BCUT2D eigenvalue weighted by atomic mass is 9.98. The molecule has 21 heavy (non-hydrogen) atoms. The quantitative estimate of drug-likeness (QED) is 0.846. The largest absolute Gasteiger partial charge is 0.497 e. The average Bonchev–Trinajstić information content (AvgIpc) is 3.19. The van der Waals surface area contributed by atoms with E-state index in [1.54, 1.807) is 20.5 Å². The first-order valence-electron chi connectivity index (χ1n) is 7.13. The first-order valence-corrected chi connectivity index (χ1v) is 7.13. The van der Waals surface area contributed by atoms with Gasteiger partial charge in [0.1, 0.15) is 17.8 Å². The van der Waals surface area contributed by atoms with Crippen LogP contribution in [0, 0.1) is 0 Å². The van der Waals surface area contributed by atoms with Crippen molar-refractivity contribution in [2.75, 3.05) is 27.3 Å². The van der Waals surface area contributed by atoms with Gasteiger partial charge < -0.3 is 14.0 Å². The molecule has 0 radical (unpaired) electrons. The predicted octanol–water partition coefficient (Wildman–Crippen LogP) is 2.68. The van der Waals surface area contributed by atoms with Crippen LogP contribution in [0.2, 0.25) is 0 Å². The second-order valence-corrected chi connectivity index (χ2v) is 5.36. The van der Waals surface area contributed by atoms with Crippen molar-refractivity contribution >= 4 is 0 Å². The summed E-state index contributed by atoms with van der Waals surface area (Å²) in [6.45, 7) is 2.92. The van der Waals surface area contributed by atoms with E-state index < -0.39 is 0 Å². The highest BCUT2D eigenvalue weighted by Gasteiger charge is 2.25. The van der Waals surface area contributed by atoms with Crippen molar-refractivity contribution in [2.24, 2.45) is 0 Å². The lowest BCUT2D eigenvalue weighted by Gasteiger charge is -2.16. The second-order valence-electron chi connectivity index (χ2n) is 5.36. The summed E-state index contributed by atoms with van der Waals surface area (Å²) < 4.78 is 15.6. The van der Waals surface area contributed by atoms with Gasteiger partial charge >= 0.3 is 0 Å². The number of ether oxygens (including phenoxy) is 2. The molecule has 1 fully saturated rings. The van der Waals surface area contributed by atoms with E-state index in [4.69, 9.17) is 14.0 Å². The summed E-state index contributed by atoms with van der Waals surface area (Å²) in [6.07, 6.45) is 2.75. The van der Waals surface area contributed by atoms with Crippen molar-refractivity contribution in [1.82, 2.24) is 10.1 Å². The third kappa shape index (κ3) is 3.19. The number of likely N-dealkylation sites (tertiary alicyclic amines) is 1. The highest BCUT2D eigenvalue weighted by Crippen LogP contribution is 2.33. The molecule has 2 heterocycles. The van der Waals surface area contributed by atoms with E-state index in [9.17, 15) is 0 Å². The summed E-state index contributed by atoms with van der Waals surface area (Å²) in [5.74, 6) is 2.19. The summed E-state index contributed by atoms with van der Waals surface area (Å²) in [4.78, 5) is 2.40. The van der Waals surface area contributed by atoms with Gasteiger partial charge in [-0.15, -0.1) is 0 Å². The minimum Gasteiger partial charge on any atom is -0.497 e. The molecule has 1 aliphatic rings. The smallest absolute Gasteiger partial charge is 0.124 e. The zero-order valence-electron chi connectivity index (χ0n) is 12.4. The number of hydrogen-bond acceptors (Lipinski definition) is 5. The molecule has 1 aromatic carbocycles. The van der Waals surface area contributed by atoms with Crippen LogP contribution in [0.25, 0.3) is 0 Å². The summed E-state index contributed by atoms with van der Waals surface area (Å²) in [5.41, 5.74) is 2.26. The Morgan fingerprint density at radius 3 is 2.62 bits per heavy atom. The van der Waals surface area contributed by atoms with Gasteiger partial charge in [0.25, 0.3) is 0 Å². The molecule has 1 atom stereocenters. The molecule has 1 aliphatic heterocycles. The fourth-order valence-electron chi connectivity index (χ4n) is 2.86. The van der Waals surface area contributed by atoms with Crippen LogP contribution in [0.4, 0.5) is 0 Å². The third-order valence-electron chi connectivity index (χ3n) is 3.99. The molecule has 3 rings (SSSR count). The van der Waals surface area contributed by atoms with Gasteiger partial charge in [0.05, 0.1) is 19.9 Å². The molecular weight excluding hydrogens is 268 g/mol. The van der Waals surface area contributed by atoms with Crippen LogP contribution in [0.1, 0.15) is 23.6 Å². The molecule has 0 bridgehead atoms. The fraction of sp³-hybridized carbons (Fsp3) is 0.438. The molecule has 0 unspecified atom stereocenters.